The lowest BCUT2D eigenvalue weighted by Crippen LogP contribution is -1.92. The summed E-state index contributed by atoms with van der Waals surface area (Å²) in [5.41, 5.74) is 7.18. The molecule has 0 amide bonds. The lowest BCUT2D eigenvalue weighted by molar-refractivity contribution is 0.102. The van der Waals surface area contributed by atoms with Crippen molar-refractivity contribution in [1.29, 1.82) is 0 Å². The summed E-state index contributed by atoms with van der Waals surface area (Å²) in [6, 6.07) is 8.94. The minimum atomic E-state index is -0.182. The Balaban J connectivity index is 2.14. The summed E-state index contributed by atoms with van der Waals surface area (Å²) in [6.45, 7) is 0. The van der Waals surface area contributed by atoms with Gasteiger partial charge in [-0.2, -0.15) is 0 Å². The highest BCUT2D eigenvalue weighted by molar-refractivity contribution is 9.10. The Morgan fingerprint density at radius 1 is 1.24 bits per heavy atom. The van der Waals surface area contributed by atoms with Crippen LogP contribution in [0, 0.1) is 0 Å². The van der Waals surface area contributed by atoms with E-state index >= 15 is 0 Å². The number of halogens is 1. The van der Waals surface area contributed by atoms with Gasteiger partial charge in [0.2, 0.25) is 5.78 Å². The first-order chi connectivity index (χ1) is 8.16. The number of nitrogen functional groups attached to an aromatic ring is 1. The van der Waals surface area contributed by atoms with Gasteiger partial charge in [-0.25, -0.2) is 0 Å². The van der Waals surface area contributed by atoms with Crippen molar-refractivity contribution in [1.82, 2.24) is 0 Å². The van der Waals surface area contributed by atoms with E-state index < -0.39 is 0 Å². The van der Waals surface area contributed by atoms with Gasteiger partial charge in [0.1, 0.15) is 0 Å². The highest BCUT2D eigenvalue weighted by Crippen LogP contribution is 2.18. The van der Waals surface area contributed by atoms with Crippen LogP contribution in [-0.2, 0) is 0 Å². The average Bonchev–Trinajstić information content (AvgIpc) is 2.74. The van der Waals surface area contributed by atoms with Crippen LogP contribution in [0.4, 0.5) is 5.69 Å². The molecule has 0 atom stereocenters. The molecule has 1 aromatic carbocycles. The molecule has 1 aromatic heterocycles. The number of carbonyl (C=O) groups is 1. The number of furan rings is 1. The summed E-state index contributed by atoms with van der Waals surface area (Å²) in [6.07, 6.45) is 4.65. The third kappa shape index (κ3) is 2.85. The standard InChI is InChI=1S/C13H10BrNO2/c14-11-7-8-17-13(11)12(16)6-3-9-1-4-10(15)5-2-9/h1-8H,15H2/b6-3+. The van der Waals surface area contributed by atoms with E-state index in [0.29, 0.717) is 15.9 Å². The Labute approximate surface area is 107 Å². The molecule has 4 heteroatoms. The maximum Gasteiger partial charge on any atom is 0.222 e. The number of rotatable bonds is 3. The zero-order valence-corrected chi connectivity index (χ0v) is 10.5. The smallest absolute Gasteiger partial charge is 0.222 e. The Morgan fingerprint density at radius 2 is 1.94 bits per heavy atom. The second-order valence-electron chi connectivity index (χ2n) is 3.46. The number of carbonyl (C=O) groups excluding carboxylic acids is 1. The number of hydrogen-bond acceptors (Lipinski definition) is 3. The highest BCUT2D eigenvalue weighted by Gasteiger charge is 2.09. The summed E-state index contributed by atoms with van der Waals surface area (Å²) < 4.78 is 5.72. The fraction of sp³-hybridized carbons (Fsp3) is 0. The van der Waals surface area contributed by atoms with E-state index in [1.165, 1.54) is 12.3 Å². The van der Waals surface area contributed by atoms with Crippen LogP contribution in [0.5, 0.6) is 0 Å². The zero-order valence-electron chi connectivity index (χ0n) is 8.89. The molecule has 2 N–H and O–H groups in total. The van der Waals surface area contributed by atoms with E-state index in [-0.39, 0.29) is 5.78 Å². The van der Waals surface area contributed by atoms with Crippen LogP contribution in [0.2, 0.25) is 0 Å². The first-order valence-electron chi connectivity index (χ1n) is 4.98. The van der Waals surface area contributed by atoms with Gasteiger partial charge < -0.3 is 10.2 Å². The summed E-state index contributed by atoms with van der Waals surface area (Å²) in [5, 5.41) is 0. The second kappa shape index (κ2) is 5.01. The van der Waals surface area contributed by atoms with Gasteiger partial charge in [-0.3, -0.25) is 4.79 Å². The van der Waals surface area contributed by atoms with Gasteiger partial charge in [-0.15, -0.1) is 0 Å². The van der Waals surface area contributed by atoms with Gasteiger partial charge in [0.25, 0.3) is 0 Å². The molecule has 2 rings (SSSR count). The lowest BCUT2D eigenvalue weighted by Gasteiger charge is -1.94. The van der Waals surface area contributed by atoms with Crippen LogP contribution < -0.4 is 5.73 Å². The monoisotopic (exact) mass is 291 g/mol. The van der Waals surface area contributed by atoms with Crippen LogP contribution in [-0.4, -0.2) is 5.78 Å². The van der Waals surface area contributed by atoms with Crippen molar-refractivity contribution in [2.75, 3.05) is 5.73 Å². The van der Waals surface area contributed by atoms with E-state index in [4.69, 9.17) is 10.2 Å². The molecule has 86 valence electrons. The van der Waals surface area contributed by atoms with Gasteiger partial charge in [0, 0.05) is 5.69 Å². The second-order valence-corrected chi connectivity index (χ2v) is 4.32. The maximum atomic E-state index is 11.7. The van der Waals surface area contributed by atoms with E-state index in [1.807, 2.05) is 12.1 Å². The Bertz CT molecular complexity index is 555. The largest absolute Gasteiger partial charge is 0.460 e. The van der Waals surface area contributed by atoms with Crippen molar-refractivity contribution in [2.45, 2.75) is 0 Å². The molecule has 0 radical (unpaired) electrons. The Morgan fingerprint density at radius 3 is 2.53 bits per heavy atom. The number of allylic oxidation sites excluding steroid dienone is 1. The van der Waals surface area contributed by atoms with Crippen molar-refractivity contribution in [3.63, 3.8) is 0 Å². The predicted octanol–water partition coefficient (Wildman–Crippen LogP) is 3.52. The Kier molecular flexibility index (Phi) is 3.44. The number of hydrogen-bond donors (Lipinski definition) is 1. The van der Waals surface area contributed by atoms with Gasteiger partial charge in [0.15, 0.2) is 5.76 Å². The zero-order chi connectivity index (χ0) is 12.3. The average molecular weight is 292 g/mol. The molecule has 1 heterocycles. The summed E-state index contributed by atoms with van der Waals surface area (Å²) >= 11 is 3.24. The molecule has 0 unspecified atom stereocenters. The van der Waals surface area contributed by atoms with Crippen molar-refractivity contribution in [3.8, 4) is 0 Å². The molecule has 0 aliphatic heterocycles. The fourth-order valence-electron chi connectivity index (χ4n) is 1.32. The van der Waals surface area contributed by atoms with E-state index in [9.17, 15) is 4.79 Å². The number of nitrogens with two attached hydrogens (primary N) is 1. The van der Waals surface area contributed by atoms with Crippen LogP contribution in [0.1, 0.15) is 16.1 Å². The summed E-state index contributed by atoms with van der Waals surface area (Å²) in [4.78, 5) is 11.7. The van der Waals surface area contributed by atoms with Crippen LogP contribution in [0.25, 0.3) is 6.08 Å². The third-order valence-electron chi connectivity index (χ3n) is 2.20. The van der Waals surface area contributed by atoms with Gasteiger partial charge in [-0.1, -0.05) is 18.2 Å². The van der Waals surface area contributed by atoms with Gasteiger partial charge in [-0.05, 0) is 45.8 Å². The van der Waals surface area contributed by atoms with Gasteiger partial charge >= 0.3 is 0 Å². The van der Waals surface area contributed by atoms with Crippen LogP contribution in [0.15, 0.2) is 51.6 Å². The molecule has 0 saturated carbocycles. The normalized spacial score (nSPS) is 10.9. The minimum absolute atomic E-state index is 0.182. The van der Waals surface area contributed by atoms with Crippen molar-refractivity contribution < 1.29 is 9.21 Å². The van der Waals surface area contributed by atoms with E-state index in [1.54, 1.807) is 24.3 Å². The number of anilines is 1. The van der Waals surface area contributed by atoms with Crippen molar-refractivity contribution >= 4 is 33.5 Å². The van der Waals surface area contributed by atoms with Gasteiger partial charge in [0.05, 0.1) is 10.7 Å². The molecule has 0 fully saturated rings. The molecular weight excluding hydrogens is 282 g/mol. The van der Waals surface area contributed by atoms with Crippen LogP contribution in [0.3, 0.4) is 0 Å². The Hall–Kier alpha value is -1.81. The van der Waals surface area contributed by atoms with E-state index in [0.717, 1.165) is 5.56 Å². The highest BCUT2D eigenvalue weighted by atomic mass is 79.9. The topological polar surface area (TPSA) is 56.2 Å². The quantitative estimate of drug-likeness (QED) is 0.535. The number of ketones is 1. The maximum absolute atomic E-state index is 11.7. The van der Waals surface area contributed by atoms with E-state index in [2.05, 4.69) is 15.9 Å². The molecule has 17 heavy (non-hydrogen) atoms. The minimum Gasteiger partial charge on any atom is -0.460 e. The molecular formula is C13H10BrNO2. The predicted molar refractivity (Wildman–Crippen MR) is 70.6 cm³/mol. The molecule has 0 aliphatic rings. The molecule has 2 aromatic rings. The number of benzene rings is 1. The third-order valence-corrected chi connectivity index (χ3v) is 2.83. The van der Waals surface area contributed by atoms with Crippen LogP contribution >= 0.6 is 15.9 Å². The van der Waals surface area contributed by atoms with Crippen molar-refractivity contribution in [2.24, 2.45) is 0 Å². The lowest BCUT2D eigenvalue weighted by atomic mass is 10.1. The summed E-state index contributed by atoms with van der Waals surface area (Å²) in [5.74, 6) is 0.121. The first kappa shape index (κ1) is 11.7. The molecule has 0 saturated heterocycles. The molecule has 0 aliphatic carbocycles. The molecule has 0 bridgehead atoms. The molecule has 0 spiro atoms. The first-order valence-corrected chi connectivity index (χ1v) is 5.77. The summed E-state index contributed by atoms with van der Waals surface area (Å²) in [7, 11) is 0. The van der Waals surface area contributed by atoms with Crippen molar-refractivity contribution in [3.05, 3.63) is 58.5 Å². The molecule has 3 nitrogen and oxygen atoms in total. The fourth-order valence-corrected chi connectivity index (χ4v) is 1.72. The SMILES string of the molecule is Nc1ccc(/C=C/C(=O)c2occc2Br)cc1.